The Balaban J connectivity index is 1.37. The molecule has 166 valence electrons. The second-order valence-electron chi connectivity index (χ2n) is 7.92. The van der Waals surface area contributed by atoms with E-state index in [0.717, 1.165) is 27.7 Å². The minimum absolute atomic E-state index is 0.0647. The van der Waals surface area contributed by atoms with Gasteiger partial charge in [-0.1, -0.05) is 66.4 Å². The van der Waals surface area contributed by atoms with Crippen molar-refractivity contribution < 1.29 is 0 Å². The van der Waals surface area contributed by atoms with Crippen molar-refractivity contribution >= 4 is 28.4 Å². The van der Waals surface area contributed by atoms with Crippen molar-refractivity contribution in [2.75, 3.05) is 0 Å². The van der Waals surface area contributed by atoms with Gasteiger partial charge in [0, 0.05) is 18.1 Å². The van der Waals surface area contributed by atoms with E-state index in [1.54, 1.807) is 22.5 Å². The van der Waals surface area contributed by atoms with E-state index in [1.807, 2.05) is 75.9 Å². The fraction of sp³-hybridized carbons (Fsp3) is 0.0769. The van der Waals surface area contributed by atoms with Crippen LogP contribution in [0.5, 0.6) is 0 Å². The maximum Gasteiger partial charge on any atom is 0.263 e. The van der Waals surface area contributed by atoms with Gasteiger partial charge >= 0.3 is 0 Å². The SMILES string of the molecule is O=c1c2ccccc2n2c(SCc3ccc(-n4cccn4)cc3)nnc2n1Cc1ccccc1. The van der Waals surface area contributed by atoms with Gasteiger partial charge in [-0.25, -0.2) is 4.68 Å². The van der Waals surface area contributed by atoms with Gasteiger partial charge in [0.05, 0.1) is 23.1 Å². The third kappa shape index (κ3) is 3.68. The lowest BCUT2D eigenvalue weighted by atomic mass is 10.2. The summed E-state index contributed by atoms with van der Waals surface area (Å²) >= 11 is 1.60. The normalized spacial score (nSPS) is 11.4. The van der Waals surface area contributed by atoms with Gasteiger partial charge < -0.3 is 0 Å². The number of hydrogen-bond donors (Lipinski definition) is 0. The van der Waals surface area contributed by atoms with Crippen LogP contribution >= 0.6 is 11.8 Å². The first-order chi connectivity index (χ1) is 16.8. The van der Waals surface area contributed by atoms with E-state index in [4.69, 9.17) is 0 Å². The molecule has 0 radical (unpaired) electrons. The molecule has 0 bridgehead atoms. The third-order valence-corrected chi connectivity index (χ3v) is 6.74. The zero-order valence-corrected chi connectivity index (χ0v) is 19.0. The molecule has 0 unspecified atom stereocenters. The van der Waals surface area contributed by atoms with Crippen molar-refractivity contribution in [2.24, 2.45) is 0 Å². The standard InChI is InChI=1S/C26H20N6OS/c33-24-22-9-4-5-10-23(22)32-25(30(24)17-19-7-2-1-3-8-19)28-29-26(32)34-18-20-11-13-21(14-12-20)31-16-6-15-27-31/h1-16H,17-18H2. The van der Waals surface area contributed by atoms with E-state index in [1.165, 1.54) is 5.56 Å². The summed E-state index contributed by atoms with van der Waals surface area (Å²) < 4.78 is 5.52. The van der Waals surface area contributed by atoms with Gasteiger partial charge in [-0.15, -0.1) is 10.2 Å². The molecule has 0 aliphatic carbocycles. The van der Waals surface area contributed by atoms with E-state index in [-0.39, 0.29) is 5.56 Å². The Morgan fingerprint density at radius 3 is 2.38 bits per heavy atom. The number of hydrogen-bond acceptors (Lipinski definition) is 5. The maximum absolute atomic E-state index is 13.3. The lowest BCUT2D eigenvalue weighted by Gasteiger charge is -2.11. The topological polar surface area (TPSA) is 70.0 Å². The fourth-order valence-electron chi connectivity index (χ4n) is 4.05. The van der Waals surface area contributed by atoms with Crippen LogP contribution in [0.4, 0.5) is 0 Å². The number of thioether (sulfide) groups is 1. The largest absolute Gasteiger partial charge is 0.272 e. The van der Waals surface area contributed by atoms with Crippen LogP contribution < -0.4 is 5.56 Å². The summed E-state index contributed by atoms with van der Waals surface area (Å²) in [5.74, 6) is 1.27. The monoisotopic (exact) mass is 464 g/mol. The van der Waals surface area contributed by atoms with Crippen LogP contribution in [0.15, 0.2) is 107 Å². The highest BCUT2D eigenvalue weighted by atomic mass is 32.2. The summed E-state index contributed by atoms with van der Waals surface area (Å²) in [4.78, 5) is 13.3. The van der Waals surface area contributed by atoms with E-state index < -0.39 is 0 Å². The summed E-state index contributed by atoms with van der Waals surface area (Å²) in [6.07, 6.45) is 3.69. The second kappa shape index (κ2) is 8.64. The van der Waals surface area contributed by atoms with Gasteiger partial charge in [0.1, 0.15) is 0 Å². The minimum atomic E-state index is -0.0647. The highest BCUT2D eigenvalue weighted by molar-refractivity contribution is 7.98. The second-order valence-corrected chi connectivity index (χ2v) is 8.86. The summed E-state index contributed by atoms with van der Waals surface area (Å²) in [6, 6.07) is 27.8. The molecule has 8 heteroatoms. The fourth-order valence-corrected chi connectivity index (χ4v) is 4.95. The van der Waals surface area contributed by atoms with Crippen molar-refractivity contribution in [3.63, 3.8) is 0 Å². The molecule has 0 saturated carbocycles. The molecule has 34 heavy (non-hydrogen) atoms. The molecule has 0 saturated heterocycles. The molecule has 0 fully saturated rings. The molecule has 0 N–H and O–H groups in total. The zero-order chi connectivity index (χ0) is 22.9. The highest BCUT2D eigenvalue weighted by Crippen LogP contribution is 2.25. The number of rotatable bonds is 6. The Morgan fingerprint density at radius 2 is 1.59 bits per heavy atom. The molecule has 3 aromatic heterocycles. The molecule has 6 aromatic rings. The molecule has 0 aliphatic rings. The van der Waals surface area contributed by atoms with Crippen molar-refractivity contribution in [1.82, 2.24) is 28.9 Å². The summed E-state index contributed by atoms with van der Waals surface area (Å²) in [5.41, 5.74) is 3.97. The van der Waals surface area contributed by atoms with E-state index >= 15 is 0 Å². The van der Waals surface area contributed by atoms with Gasteiger partial charge in [0.15, 0.2) is 5.16 Å². The predicted octanol–water partition coefficient (Wildman–Crippen LogP) is 4.57. The van der Waals surface area contributed by atoms with Crippen molar-refractivity contribution in [3.05, 3.63) is 119 Å². The number of nitrogens with zero attached hydrogens (tertiary/aromatic N) is 6. The van der Waals surface area contributed by atoms with E-state index in [0.29, 0.717) is 17.7 Å². The Hall–Kier alpha value is -4.17. The summed E-state index contributed by atoms with van der Waals surface area (Å²) in [5, 5.41) is 14.6. The Labute approximate surface area is 199 Å². The molecule has 0 atom stereocenters. The van der Waals surface area contributed by atoms with Gasteiger partial charge in [-0.2, -0.15) is 5.10 Å². The number of aromatic nitrogens is 6. The van der Waals surface area contributed by atoms with Crippen LogP contribution in [0.25, 0.3) is 22.4 Å². The average Bonchev–Trinajstić information content (AvgIpc) is 3.57. The van der Waals surface area contributed by atoms with E-state index in [9.17, 15) is 4.79 Å². The average molecular weight is 465 g/mol. The summed E-state index contributed by atoms with van der Waals surface area (Å²) in [6.45, 7) is 0.436. The molecule has 7 nitrogen and oxygen atoms in total. The number of benzene rings is 3. The van der Waals surface area contributed by atoms with Crippen molar-refractivity contribution in [2.45, 2.75) is 17.5 Å². The summed E-state index contributed by atoms with van der Waals surface area (Å²) in [7, 11) is 0. The lowest BCUT2D eigenvalue weighted by molar-refractivity contribution is 0.764. The molecular formula is C26H20N6OS. The Kier molecular flexibility index (Phi) is 5.20. The molecule has 6 rings (SSSR count). The minimum Gasteiger partial charge on any atom is -0.272 e. The first kappa shape index (κ1) is 20.4. The lowest BCUT2D eigenvalue weighted by Crippen LogP contribution is -2.24. The quantitative estimate of drug-likeness (QED) is 0.338. The Bertz CT molecular complexity index is 1640. The first-order valence-corrected chi connectivity index (χ1v) is 11.9. The highest BCUT2D eigenvalue weighted by Gasteiger charge is 2.17. The molecule has 0 spiro atoms. The Morgan fingerprint density at radius 1 is 0.794 bits per heavy atom. The van der Waals surface area contributed by atoms with Crippen molar-refractivity contribution in [3.8, 4) is 5.69 Å². The molecule has 3 aromatic carbocycles. The van der Waals surface area contributed by atoms with Crippen LogP contribution in [-0.4, -0.2) is 28.9 Å². The van der Waals surface area contributed by atoms with Gasteiger partial charge in [0.25, 0.3) is 5.56 Å². The first-order valence-electron chi connectivity index (χ1n) is 10.9. The van der Waals surface area contributed by atoms with Crippen LogP contribution in [0.1, 0.15) is 11.1 Å². The molecule has 0 amide bonds. The smallest absolute Gasteiger partial charge is 0.263 e. The molecule has 0 aliphatic heterocycles. The van der Waals surface area contributed by atoms with Crippen LogP contribution in [-0.2, 0) is 12.3 Å². The number of para-hydroxylation sites is 1. The predicted molar refractivity (Wildman–Crippen MR) is 133 cm³/mol. The van der Waals surface area contributed by atoms with Crippen LogP contribution in [0.2, 0.25) is 0 Å². The number of fused-ring (bicyclic) bond motifs is 3. The van der Waals surface area contributed by atoms with Crippen molar-refractivity contribution in [1.29, 1.82) is 0 Å². The zero-order valence-electron chi connectivity index (χ0n) is 18.2. The maximum atomic E-state index is 13.3. The van der Waals surface area contributed by atoms with Crippen LogP contribution in [0, 0.1) is 0 Å². The molecule has 3 heterocycles. The van der Waals surface area contributed by atoms with Gasteiger partial charge in [0.2, 0.25) is 5.78 Å². The van der Waals surface area contributed by atoms with Gasteiger partial charge in [-0.05, 0) is 41.5 Å². The van der Waals surface area contributed by atoms with Crippen LogP contribution in [0.3, 0.4) is 0 Å². The molecular weight excluding hydrogens is 444 g/mol. The van der Waals surface area contributed by atoms with E-state index in [2.05, 4.69) is 39.6 Å². The van der Waals surface area contributed by atoms with Gasteiger partial charge in [-0.3, -0.25) is 13.8 Å². The third-order valence-electron chi connectivity index (χ3n) is 5.73.